The predicted octanol–water partition coefficient (Wildman–Crippen LogP) is 5.14. The first-order chi connectivity index (χ1) is 18.1. The third-order valence-electron chi connectivity index (χ3n) is 5.94. The lowest BCUT2D eigenvalue weighted by molar-refractivity contribution is -0.333. The van der Waals surface area contributed by atoms with Gasteiger partial charge in [-0.2, -0.15) is 0 Å². The summed E-state index contributed by atoms with van der Waals surface area (Å²) < 4.78 is 24.8. The lowest BCUT2D eigenvalue weighted by Crippen LogP contribution is -2.39. The molecule has 4 heterocycles. The Morgan fingerprint density at radius 3 is 2.86 bits per heavy atom. The molecule has 0 radical (unpaired) electrons. The second kappa shape index (κ2) is 11.2. The van der Waals surface area contributed by atoms with Crippen molar-refractivity contribution in [2.24, 2.45) is 5.11 Å². The highest BCUT2D eigenvalue weighted by molar-refractivity contribution is 7.12. The molecule has 1 amide bonds. The number of nitrogens with one attached hydrogen (secondary N) is 1. The molecule has 0 spiro atoms. The molecule has 2 aliphatic heterocycles. The van der Waals surface area contributed by atoms with Crippen LogP contribution in [0.3, 0.4) is 0 Å². The molecule has 0 unspecified atom stereocenters. The number of carbonyl (C=O) groups excluding carboxylic acids is 1. The summed E-state index contributed by atoms with van der Waals surface area (Å²) >= 11 is 1.59. The number of hydrogen-bond acceptors (Lipinski definition) is 4. The highest BCUT2D eigenvalue weighted by atomic mass is 32.1. The Kier molecular flexibility index (Phi) is 7.35. The maximum atomic E-state index is 15.8. The zero-order valence-electron chi connectivity index (χ0n) is 19.8. The molecule has 0 saturated carbocycles. The molecule has 0 aliphatic carbocycles. The Bertz CT molecular complexity index is 1470. The minimum atomic E-state index is -1.35. The highest BCUT2D eigenvalue weighted by Gasteiger charge is 2.47. The molecule has 2 aromatic heterocycles. The first-order valence-electron chi connectivity index (χ1n) is 11.8. The van der Waals surface area contributed by atoms with Crippen LogP contribution in [0.5, 0.6) is 5.75 Å². The van der Waals surface area contributed by atoms with Crippen molar-refractivity contribution in [3.05, 3.63) is 104 Å². The number of halogens is 1. The number of fused-ring (bicyclic) bond motifs is 2. The normalized spacial score (nSPS) is 13.9. The minimum Gasteiger partial charge on any atom is -0.484 e. The van der Waals surface area contributed by atoms with Crippen LogP contribution in [0.4, 0.5) is 4.32 Å². The molecule has 0 atom stereocenters. The summed E-state index contributed by atoms with van der Waals surface area (Å²) in [7, 11) is -1.35. The van der Waals surface area contributed by atoms with Gasteiger partial charge in [0.25, 0.3) is 5.91 Å². The number of amides is 1. The van der Waals surface area contributed by atoms with Gasteiger partial charge in [-0.25, -0.2) is 8.80 Å². The number of aromatic nitrogens is 1. The number of benzene rings is 1. The number of allylic oxidation sites excluding steroid dienone is 2. The molecule has 1 aromatic carbocycles. The molecule has 37 heavy (non-hydrogen) atoms. The average molecular weight is 513 g/mol. The molecule has 3 aromatic rings. The minimum absolute atomic E-state index is 0.101. The van der Waals surface area contributed by atoms with Crippen LogP contribution < -0.4 is 10.1 Å². The Hall–Kier alpha value is -4.34. The second-order valence-corrected chi connectivity index (χ2v) is 9.30. The van der Waals surface area contributed by atoms with Crippen LogP contribution in [0.15, 0.2) is 76.9 Å². The van der Waals surface area contributed by atoms with E-state index in [9.17, 15) is 4.79 Å². The molecule has 184 valence electrons. The Morgan fingerprint density at radius 2 is 2.08 bits per heavy atom. The predicted molar refractivity (Wildman–Crippen MR) is 145 cm³/mol. The van der Waals surface area contributed by atoms with Crippen LogP contribution in [0, 0.1) is 0 Å². The summed E-state index contributed by atoms with van der Waals surface area (Å²) in [6.45, 7) is 0.662. The van der Waals surface area contributed by atoms with E-state index in [2.05, 4.69) is 15.3 Å². The molecule has 0 bridgehead atoms. The van der Waals surface area contributed by atoms with Gasteiger partial charge in [-0.15, -0.1) is 11.3 Å². The summed E-state index contributed by atoms with van der Waals surface area (Å²) in [5, 5.41) is 8.12. The maximum absolute atomic E-state index is 15.8. The van der Waals surface area contributed by atoms with E-state index in [0.29, 0.717) is 25.3 Å². The van der Waals surface area contributed by atoms with E-state index in [-0.39, 0.29) is 12.5 Å². The molecule has 8 nitrogen and oxygen atoms in total. The van der Waals surface area contributed by atoms with Gasteiger partial charge in [-0.3, -0.25) is 9.27 Å². The molecule has 0 saturated heterocycles. The van der Waals surface area contributed by atoms with Crippen LogP contribution in [-0.4, -0.2) is 47.5 Å². The largest absolute Gasteiger partial charge is 0.846 e. The van der Waals surface area contributed by atoms with E-state index < -0.39 is 7.26 Å². The molecular formula is C26H23BFN6O2S+. The van der Waals surface area contributed by atoms with Gasteiger partial charge in [0, 0.05) is 47.6 Å². The van der Waals surface area contributed by atoms with Gasteiger partial charge in [0.2, 0.25) is 5.71 Å². The fraction of sp³-hybridized carbons (Fsp3) is 0.154. The summed E-state index contributed by atoms with van der Waals surface area (Å²) in [4.78, 5) is 15.5. The lowest BCUT2D eigenvalue weighted by atomic mass is 9.97. The number of carbonyl (C=O) groups is 1. The van der Waals surface area contributed by atoms with Gasteiger partial charge >= 0.3 is 7.26 Å². The van der Waals surface area contributed by atoms with Crippen LogP contribution in [-0.2, 0) is 4.79 Å². The zero-order valence-corrected chi connectivity index (χ0v) is 20.6. The maximum Gasteiger partial charge on any atom is 0.846 e. The Morgan fingerprint density at radius 1 is 1.22 bits per heavy atom. The average Bonchev–Trinajstić information content (AvgIpc) is 3.67. The smallest absolute Gasteiger partial charge is 0.484 e. The van der Waals surface area contributed by atoms with Crippen molar-refractivity contribution >= 4 is 48.4 Å². The number of nitrogens with zero attached hydrogens (tertiary/aromatic N) is 5. The van der Waals surface area contributed by atoms with Crippen LogP contribution in [0.2, 0.25) is 0 Å². The Balaban J connectivity index is 1.22. The zero-order chi connectivity index (χ0) is 25.6. The fourth-order valence-corrected chi connectivity index (χ4v) is 4.92. The van der Waals surface area contributed by atoms with Crippen molar-refractivity contribution in [1.29, 1.82) is 0 Å². The fourth-order valence-electron chi connectivity index (χ4n) is 4.17. The second-order valence-electron chi connectivity index (χ2n) is 8.35. The van der Waals surface area contributed by atoms with Gasteiger partial charge in [0.15, 0.2) is 12.3 Å². The first kappa shape index (κ1) is 24.4. The summed E-state index contributed by atoms with van der Waals surface area (Å²) in [6.07, 6.45) is 10.3. The van der Waals surface area contributed by atoms with E-state index in [1.807, 2.05) is 72.2 Å². The SMILES string of the molecule is [N-]=[N+]=NCCCNC(=O)COc1ccc(/C=C/c2ccc3n2B(F)[N+]2=C(c4cccs4)C=CC2=C3)cc1. The molecular weight excluding hydrogens is 490 g/mol. The standard InChI is InChI=1S/C26H22BFN6O2S/c28-27-33-20(8-9-21(33)17-22-10-13-24(34(22)27)25-3-1-16-37-25)7-4-19-5-11-23(12-6-19)36-18-26(35)30-14-2-15-31-32-29/h1,3-13,16-17H,2,14-15,18H2/p+1/b7-4+. The van der Waals surface area contributed by atoms with E-state index in [4.69, 9.17) is 10.3 Å². The number of hydrogen-bond donors (Lipinski definition) is 1. The third-order valence-corrected chi connectivity index (χ3v) is 6.84. The Labute approximate surface area is 217 Å². The molecule has 2 aliphatic rings. The van der Waals surface area contributed by atoms with Gasteiger partial charge in [0.1, 0.15) is 5.75 Å². The molecule has 1 N–H and O–H groups in total. The number of rotatable bonds is 10. The monoisotopic (exact) mass is 513 g/mol. The van der Waals surface area contributed by atoms with Gasteiger partial charge in [-0.05, 0) is 59.3 Å². The lowest BCUT2D eigenvalue weighted by Gasteiger charge is -2.14. The first-order valence-corrected chi connectivity index (χ1v) is 12.7. The molecule has 0 fully saturated rings. The quantitative estimate of drug-likeness (QED) is 0.134. The van der Waals surface area contributed by atoms with Gasteiger partial charge in [0.05, 0.1) is 4.88 Å². The van der Waals surface area contributed by atoms with Crippen molar-refractivity contribution in [1.82, 2.24) is 9.79 Å². The van der Waals surface area contributed by atoms with Gasteiger partial charge in [-0.1, -0.05) is 29.4 Å². The van der Waals surface area contributed by atoms with E-state index in [1.165, 1.54) is 0 Å². The topological polar surface area (TPSA) is 95.0 Å². The van der Waals surface area contributed by atoms with E-state index >= 15 is 4.32 Å². The molecule has 11 heteroatoms. The van der Waals surface area contributed by atoms with Crippen molar-refractivity contribution in [3.8, 4) is 5.75 Å². The van der Waals surface area contributed by atoms with Crippen LogP contribution in [0.1, 0.15) is 28.2 Å². The van der Waals surface area contributed by atoms with E-state index in [0.717, 1.165) is 33.2 Å². The highest BCUT2D eigenvalue weighted by Crippen LogP contribution is 2.28. The number of azide groups is 1. The third kappa shape index (κ3) is 5.43. The van der Waals surface area contributed by atoms with Crippen LogP contribution in [0.25, 0.3) is 28.7 Å². The van der Waals surface area contributed by atoms with Crippen LogP contribution >= 0.6 is 11.3 Å². The summed E-state index contributed by atoms with van der Waals surface area (Å²) in [6, 6.07) is 15.1. The van der Waals surface area contributed by atoms with Crippen molar-refractivity contribution in [2.75, 3.05) is 19.7 Å². The van der Waals surface area contributed by atoms with Crippen molar-refractivity contribution < 1.29 is 18.3 Å². The number of ether oxygens (including phenoxy) is 1. The number of thiophene rings is 1. The van der Waals surface area contributed by atoms with Crippen molar-refractivity contribution in [2.45, 2.75) is 6.42 Å². The summed E-state index contributed by atoms with van der Waals surface area (Å²) in [5.74, 6) is 0.328. The van der Waals surface area contributed by atoms with E-state index in [1.54, 1.807) is 32.4 Å². The molecule has 5 rings (SSSR count). The van der Waals surface area contributed by atoms with Gasteiger partial charge < -0.3 is 10.1 Å². The summed E-state index contributed by atoms with van der Waals surface area (Å²) in [5.41, 5.74) is 12.4. The van der Waals surface area contributed by atoms with Crippen molar-refractivity contribution in [3.63, 3.8) is 0 Å².